The molecule has 0 radical (unpaired) electrons. The number of aryl methyl sites for hydroxylation is 1. The van der Waals surface area contributed by atoms with E-state index in [0.717, 1.165) is 15.6 Å². The van der Waals surface area contributed by atoms with Crippen LogP contribution in [0.3, 0.4) is 0 Å². The predicted molar refractivity (Wildman–Crippen MR) is 85.8 cm³/mol. The fourth-order valence-corrected chi connectivity index (χ4v) is 2.25. The Bertz CT molecular complexity index is 660. The van der Waals surface area contributed by atoms with Gasteiger partial charge in [-0.2, -0.15) is 0 Å². The number of anilines is 1. The van der Waals surface area contributed by atoms with Crippen molar-refractivity contribution in [3.63, 3.8) is 0 Å². The summed E-state index contributed by atoms with van der Waals surface area (Å²) in [5, 5.41) is 2.81. The maximum absolute atomic E-state index is 13.1. The van der Waals surface area contributed by atoms with Gasteiger partial charge in [-0.3, -0.25) is 0 Å². The maximum Gasteiger partial charge on any atom is 0.321 e. The van der Waals surface area contributed by atoms with Crippen molar-refractivity contribution in [2.24, 2.45) is 0 Å². The van der Waals surface area contributed by atoms with E-state index < -0.39 is 0 Å². The number of carbonyl (C=O) groups is 1. The highest BCUT2D eigenvalue weighted by atomic mass is 79.9. The first kappa shape index (κ1) is 15.5. The minimum atomic E-state index is -0.302. The average Bonchev–Trinajstić information content (AvgIpc) is 2.43. The Labute approximate surface area is 131 Å². The van der Waals surface area contributed by atoms with Crippen molar-refractivity contribution in [3.8, 4) is 0 Å². The topological polar surface area (TPSA) is 32.3 Å². The minimum absolute atomic E-state index is 0.241. The average molecular weight is 351 g/mol. The Kier molecular flexibility index (Phi) is 4.96. The minimum Gasteiger partial charge on any atom is -0.323 e. The van der Waals surface area contributed by atoms with E-state index in [-0.39, 0.29) is 11.8 Å². The highest BCUT2D eigenvalue weighted by molar-refractivity contribution is 9.10. The van der Waals surface area contributed by atoms with Gasteiger partial charge in [0.05, 0.1) is 0 Å². The molecule has 0 heterocycles. The highest BCUT2D eigenvalue weighted by Gasteiger charge is 2.10. The van der Waals surface area contributed by atoms with Gasteiger partial charge in [0, 0.05) is 23.8 Å². The zero-order valence-corrected chi connectivity index (χ0v) is 13.4. The Morgan fingerprint density at radius 2 is 2.05 bits per heavy atom. The molecule has 0 aliphatic rings. The van der Waals surface area contributed by atoms with Gasteiger partial charge in [0.1, 0.15) is 5.82 Å². The molecule has 0 unspecified atom stereocenters. The van der Waals surface area contributed by atoms with Crippen molar-refractivity contribution >= 4 is 27.6 Å². The quantitative estimate of drug-likeness (QED) is 0.864. The summed E-state index contributed by atoms with van der Waals surface area (Å²) >= 11 is 3.43. The van der Waals surface area contributed by atoms with Crippen molar-refractivity contribution in [1.29, 1.82) is 0 Å². The summed E-state index contributed by atoms with van der Waals surface area (Å²) < 4.78 is 14.1. The molecule has 2 aromatic rings. The fourth-order valence-electron chi connectivity index (χ4n) is 1.87. The molecule has 0 spiro atoms. The number of carbonyl (C=O) groups excluding carboxylic acids is 1. The molecule has 3 nitrogen and oxygen atoms in total. The Morgan fingerprint density at radius 1 is 1.29 bits per heavy atom. The number of nitrogens with zero attached hydrogens (tertiary/aromatic N) is 1. The number of hydrogen-bond donors (Lipinski definition) is 1. The van der Waals surface area contributed by atoms with Gasteiger partial charge in [-0.25, -0.2) is 9.18 Å². The van der Waals surface area contributed by atoms with E-state index in [9.17, 15) is 9.18 Å². The fraction of sp³-hybridized carbons (Fsp3) is 0.188. The van der Waals surface area contributed by atoms with E-state index in [2.05, 4.69) is 21.2 Å². The van der Waals surface area contributed by atoms with Crippen LogP contribution in [-0.4, -0.2) is 18.0 Å². The number of urea groups is 1. The maximum atomic E-state index is 13.1. The third-order valence-electron chi connectivity index (χ3n) is 3.08. The first-order valence-electron chi connectivity index (χ1n) is 6.48. The van der Waals surface area contributed by atoms with Gasteiger partial charge >= 0.3 is 6.03 Å². The standard InChI is InChI=1S/C16H16BrFN2O/c1-11-6-7-14(9-15(11)17)19-16(21)20(2)10-12-4-3-5-13(18)8-12/h3-9H,10H2,1-2H3,(H,19,21). The Morgan fingerprint density at radius 3 is 2.71 bits per heavy atom. The molecule has 5 heteroatoms. The molecule has 110 valence electrons. The zero-order valence-electron chi connectivity index (χ0n) is 11.9. The summed E-state index contributed by atoms with van der Waals surface area (Å²) in [6.45, 7) is 2.32. The van der Waals surface area contributed by atoms with Crippen LogP contribution in [0.1, 0.15) is 11.1 Å². The Hall–Kier alpha value is -1.88. The van der Waals surface area contributed by atoms with Crippen LogP contribution < -0.4 is 5.32 Å². The van der Waals surface area contributed by atoms with E-state index in [1.807, 2.05) is 25.1 Å². The van der Waals surface area contributed by atoms with Gasteiger partial charge < -0.3 is 10.2 Å². The largest absolute Gasteiger partial charge is 0.323 e. The summed E-state index contributed by atoms with van der Waals surface area (Å²) in [4.78, 5) is 13.6. The third kappa shape index (κ3) is 4.29. The van der Waals surface area contributed by atoms with Crippen molar-refractivity contribution in [1.82, 2.24) is 4.90 Å². The van der Waals surface area contributed by atoms with E-state index in [0.29, 0.717) is 12.2 Å². The molecule has 0 aromatic heterocycles. The van der Waals surface area contributed by atoms with Crippen LogP contribution in [0.5, 0.6) is 0 Å². The van der Waals surface area contributed by atoms with Gasteiger partial charge in [-0.05, 0) is 42.3 Å². The number of hydrogen-bond acceptors (Lipinski definition) is 1. The first-order valence-corrected chi connectivity index (χ1v) is 7.28. The van der Waals surface area contributed by atoms with Gasteiger partial charge in [-0.15, -0.1) is 0 Å². The molecule has 2 rings (SSSR count). The number of halogens is 2. The molecule has 1 N–H and O–H groups in total. The van der Waals surface area contributed by atoms with E-state index in [4.69, 9.17) is 0 Å². The van der Waals surface area contributed by atoms with Crippen molar-refractivity contribution in [3.05, 3.63) is 63.9 Å². The summed E-state index contributed by atoms with van der Waals surface area (Å²) in [5.41, 5.74) is 2.56. The van der Waals surface area contributed by atoms with E-state index >= 15 is 0 Å². The lowest BCUT2D eigenvalue weighted by atomic mass is 10.2. The van der Waals surface area contributed by atoms with E-state index in [1.54, 1.807) is 19.2 Å². The van der Waals surface area contributed by atoms with Gasteiger partial charge in [-0.1, -0.05) is 34.1 Å². The summed E-state index contributed by atoms with van der Waals surface area (Å²) in [6, 6.07) is 11.6. The Balaban J connectivity index is 2.00. The molecule has 0 saturated carbocycles. The molecule has 0 atom stereocenters. The normalized spacial score (nSPS) is 10.3. The number of nitrogens with one attached hydrogen (secondary N) is 1. The number of benzene rings is 2. The molecule has 0 saturated heterocycles. The lowest BCUT2D eigenvalue weighted by Gasteiger charge is -2.18. The van der Waals surface area contributed by atoms with Crippen LogP contribution in [0.25, 0.3) is 0 Å². The van der Waals surface area contributed by atoms with Gasteiger partial charge in [0.15, 0.2) is 0 Å². The van der Waals surface area contributed by atoms with Crippen molar-refractivity contribution in [2.75, 3.05) is 12.4 Å². The van der Waals surface area contributed by atoms with Crippen LogP contribution in [0, 0.1) is 12.7 Å². The van der Waals surface area contributed by atoms with Crippen LogP contribution in [0.4, 0.5) is 14.9 Å². The number of amides is 2. The number of rotatable bonds is 3. The smallest absolute Gasteiger partial charge is 0.321 e. The second-order valence-corrected chi connectivity index (χ2v) is 5.73. The molecule has 2 aromatic carbocycles. The van der Waals surface area contributed by atoms with Crippen molar-refractivity contribution in [2.45, 2.75) is 13.5 Å². The lowest BCUT2D eigenvalue weighted by molar-refractivity contribution is 0.220. The van der Waals surface area contributed by atoms with Crippen LogP contribution in [0.2, 0.25) is 0 Å². The van der Waals surface area contributed by atoms with Crippen LogP contribution >= 0.6 is 15.9 Å². The summed E-state index contributed by atoms with van der Waals surface area (Å²) in [6.07, 6.45) is 0. The molecule has 0 aliphatic heterocycles. The SMILES string of the molecule is Cc1ccc(NC(=O)N(C)Cc2cccc(F)c2)cc1Br. The van der Waals surface area contributed by atoms with E-state index in [1.165, 1.54) is 17.0 Å². The van der Waals surface area contributed by atoms with Crippen molar-refractivity contribution < 1.29 is 9.18 Å². The molecule has 0 fully saturated rings. The molecule has 2 amide bonds. The monoisotopic (exact) mass is 350 g/mol. The molecule has 0 aliphatic carbocycles. The lowest BCUT2D eigenvalue weighted by Crippen LogP contribution is -2.30. The molecular weight excluding hydrogens is 335 g/mol. The summed E-state index contributed by atoms with van der Waals surface area (Å²) in [5.74, 6) is -0.302. The predicted octanol–water partition coefficient (Wildman–Crippen LogP) is 4.56. The van der Waals surface area contributed by atoms with Gasteiger partial charge in [0.25, 0.3) is 0 Å². The summed E-state index contributed by atoms with van der Waals surface area (Å²) in [7, 11) is 1.67. The van der Waals surface area contributed by atoms with Crippen LogP contribution in [0.15, 0.2) is 46.9 Å². The molecule has 0 bridgehead atoms. The molecule has 21 heavy (non-hydrogen) atoms. The highest BCUT2D eigenvalue weighted by Crippen LogP contribution is 2.21. The first-order chi connectivity index (χ1) is 9.95. The second kappa shape index (κ2) is 6.72. The molecular formula is C16H16BrFN2O. The van der Waals surface area contributed by atoms with Gasteiger partial charge in [0.2, 0.25) is 0 Å². The second-order valence-electron chi connectivity index (χ2n) is 4.88. The zero-order chi connectivity index (χ0) is 15.4. The third-order valence-corrected chi connectivity index (χ3v) is 3.93. The van der Waals surface area contributed by atoms with Crippen LogP contribution in [-0.2, 0) is 6.54 Å².